The molecule has 0 aromatic heterocycles. The number of amides is 1. The van der Waals surface area contributed by atoms with Crippen LogP contribution < -0.4 is 5.32 Å². The Kier molecular flexibility index (Phi) is 6.85. The molecule has 0 aromatic carbocycles. The number of rotatable bonds is 5. The Morgan fingerprint density at radius 1 is 1.43 bits per heavy atom. The van der Waals surface area contributed by atoms with Crippen LogP contribution in [-0.2, 0) is 4.74 Å². The molecule has 1 amide bonds. The van der Waals surface area contributed by atoms with Gasteiger partial charge in [-0.15, -0.1) is 0 Å². The first-order valence-corrected chi connectivity index (χ1v) is 9.07. The van der Waals surface area contributed by atoms with Gasteiger partial charge in [0.1, 0.15) is 5.60 Å². The Morgan fingerprint density at radius 2 is 2.10 bits per heavy atom. The van der Waals surface area contributed by atoms with Crippen molar-refractivity contribution in [2.24, 2.45) is 5.41 Å². The van der Waals surface area contributed by atoms with E-state index in [1.807, 2.05) is 39.5 Å². The van der Waals surface area contributed by atoms with Crippen LogP contribution in [0.4, 0.5) is 4.79 Å². The summed E-state index contributed by atoms with van der Waals surface area (Å²) in [5, 5.41) is 3.59. The van der Waals surface area contributed by atoms with Gasteiger partial charge < -0.3 is 15.0 Å². The topological polar surface area (TPSA) is 41.6 Å². The van der Waals surface area contributed by atoms with Crippen LogP contribution in [0.25, 0.3) is 0 Å². The first-order chi connectivity index (χ1) is 9.63. The van der Waals surface area contributed by atoms with E-state index in [1.165, 1.54) is 17.9 Å². The van der Waals surface area contributed by atoms with E-state index in [4.69, 9.17) is 4.74 Å². The SMILES string of the molecule is CCN(CCNC1CSCC(C)(C)C1)C(=O)OC(C)(C)C. The molecule has 1 rings (SSSR count). The molecule has 1 aliphatic rings. The van der Waals surface area contributed by atoms with Crippen LogP contribution in [0.3, 0.4) is 0 Å². The molecule has 0 radical (unpaired) electrons. The summed E-state index contributed by atoms with van der Waals surface area (Å²) in [7, 11) is 0. The fourth-order valence-electron chi connectivity index (χ4n) is 2.50. The van der Waals surface area contributed by atoms with Gasteiger partial charge in [0.25, 0.3) is 0 Å². The van der Waals surface area contributed by atoms with E-state index in [0.29, 0.717) is 24.5 Å². The molecule has 1 fully saturated rings. The molecule has 0 spiro atoms. The predicted molar refractivity (Wildman–Crippen MR) is 91.0 cm³/mol. The van der Waals surface area contributed by atoms with Crippen molar-refractivity contribution in [2.45, 2.75) is 59.6 Å². The van der Waals surface area contributed by atoms with Crippen molar-refractivity contribution in [3.8, 4) is 0 Å². The first-order valence-electron chi connectivity index (χ1n) is 7.92. The van der Waals surface area contributed by atoms with Gasteiger partial charge in [-0.25, -0.2) is 4.79 Å². The van der Waals surface area contributed by atoms with Crippen molar-refractivity contribution in [3.63, 3.8) is 0 Å². The number of hydrogen-bond donors (Lipinski definition) is 1. The van der Waals surface area contributed by atoms with Crippen molar-refractivity contribution in [1.82, 2.24) is 10.2 Å². The molecule has 1 unspecified atom stereocenters. The summed E-state index contributed by atoms with van der Waals surface area (Å²) in [4.78, 5) is 13.8. The summed E-state index contributed by atoms with van der Waals surface area (Å²) in [5.41, 5.74) is -0.0157. The maximum absolute atomic E-state index is 12.0. The Labute approximate surface area is 134 Å². The van der Waals surface area contributed by atoms with E-state index in [2.05, 4.69) is 19.2 Å². The van der Waals surface area contributed by atoms with E-state index in [-0.39, 0.29) is 6.09 Å². The third-order valence-electron chi connectivity index (χ3n) is 3.46. The molecule has 1 atom stereocenters. The minimum absolute atomic E-state index is 0.217. The first kappa shape index (κ1) is 18.6. The average Bonchev–Trinajstić information content (AvgIpc) is 2.31. The number of carbonyl (C=O) groups excluding carboxylic acids is 1. The molecule has 1 aliphatic heterocycles. The number of carbonyl (C=O) groups is 1. The number of nitrogens with zero attached hydrogens (tertiary/aromatic N) is 1. The zero-order chi connectivity index (χ0) is 16.1. The molecule has 0 aromatic rings. The summed E-state index contributed by atoms with van der Waals surface area (Å²) in [6, 6.07) is 0.552. The zero-order valence-corrected chi connectivity index (χ0v) is 15.3. The van der Waals surface area contributed by atoms with Crippen LogP contribution in [-0.4, -0.2) is 53.8 Å². The minimum atomic E-state index is -0.429. The van der Waals surface area contributed by atoms with E-state index in [1.54, 1.807) is 4.90 Å². The molecular weight excluding hydrogens is 284 g/mol. The maximum Gasteiger partial charge on any atom is 0.410 e. The summed E-state index contributed by atoms with van der Waals surface area (Å²) in [6.45, 7) is 14.6. The third-order valence-corrected chi connectivity index (χ3v) is 5.08. The standard InChI is InChI=1S/C16H32N2O2S/c1-7-18(14(19)20-15(2,3)4)9-8-17-13-10-16(5,6)12-21-11-13/h13,17H,7-12H2,1-6H3. The predicted octanol–water partition coefficient (Wildman–Crippen LogP) is 3.36. The fraction of sp³-hybridized carbons (Fsp3) is 0.938. The lowest BCUT2D eigenvalue weighted by Gasteiger charge is -2.35. The minimum Gasteiger partial charge on any atom is -0.444 e. The number of nitrogens with one attached hydrogen (secondary N) is 1. The number of hydrogen-bond acceptors (Lipinski definition) is 4. The van der Waals surface area contributed by atoms with Gasteiger partial charge in [-0.05, 0) is 45.3 Å². The Bertz CT molecular complexity index is 340. The van der Waals surface area contributed by atoms with E-state index in [9.17, 15) is 4.79 Å². The van der Waals surface area contributed by atoms with Crippen LogP contribution in [0, 0.1) is 5.41 Å². The molecule has 4 nitrogen and oxygen atoms in total. The van der Waals surface area contributed by atoms with E-state index < -0.39 is 5.60 Å². The lowest BCUT2D eigenvalue weighted by atomic mass is 9.88. The Morgan fingerprint density at radius 3 is 2.62 bits per heavy atom. The fourth-order valence-corrected chi connectivity index (χ4v) is 3.81. The largest absolute Gasteiger partial charge is 0.444 e. The quantitative estimate of drug-likeness (QED) is 0.844. The normalized spacial score (nSPS) is 21.9. The molecule has 0 bridgehead atoms. The highest BCUT2D eigenvalue weighted by molar-refractivity contribution is 7.99. The summed E-state index contributed by atoms with van der Waals surface area (Å²) in [6.07, 6.45) is 0.989. The molecule has 1 N–H and O–H groups in total. The molecular formula is C16H32N2O2S. The molecule has 21 heavy (non-hydrogen) atoms. The van der Waals surface area contributed by atoms with Crippen molar-refractivity contribution >= 4 is 17.9 Å². The van der Waals surface area contributed by atoms with E-state index in [0.717, 1.165) is 6.54 Å². The highest BCUT2D eigenvalue weighted by Gasteiger charge is 2.28. The van der Waals surface area contributed by atoms with Gasteiger partial charge in [0.05, 0.1) is 0 Å². The van der Waals surface area contributed by atoms with Crippen molar-refractivity contribution in [2.75, 3.05) is 31.1 Å². The molecule has 0 aliphatic carbocycles. The van der Waals surface area contributed by atoms with Crippen LogP contribution in [0.15, 0.2) is 0 Å². The second-order valence-corrected chi connectivity index (χ2v) is 8.62. The van der Waals surface area contributed by atoms with Crippen molar-refractivity contribution in [1.29, 1.82) is 0 Å². The van der Waals surface area contributed by atoms with Crippen LogP contribution in [0.5, 0.6) is 0 Å². The molecule has 1 heterocycles. The molecule has 5 heteroatoms. The van der Waals surface area contributed by atoms with Crippen molar-refractivity contribution in [3.05, 3.63) is 0 Å². The molecule has 0 saturated carbocycles. The lowest BCUT2D eigenvalue weighted by Crippen LogP contribution is -2.45. The highest BCUT2D eigenvalue weighted by Crippen LogP contribution is 2.33. The van der Waals surface area contributed by atoms with Gasteiger partial charge in [-0.1, -0.05) is 13.8 Å². The second-order valence-electron chi connectivity index (χ2n) is 7.59. The number of ether oxygens (including phenoxy) is 1. The van der Waals surface area contributed by atoms with Gasteiger partial charge >= 0.3 is 6.09 Å². The summed E-state index contributed by atoms with van der Waals surface area (Å²) in [5.74, 6) is 2.41. The van der Waals surface area contributed by atoms with Gasteiger partial charge in [0.2, 0.25) is 0 Å². The van der Waals surface area contributed by atoms with Gasteiger partial charge in [-0.2, -0.15) is 11.8 Å². The zero-order valence-electron chi connectivity index (χ0n) is 14.5. The summed E-state index contributed by atoms with van der Waals surface area (Å²) >= 11 is 2.02. The monoisotopic (exact) mass is 316 g/mol. The smallest absolute Gasteiger partial charge is 0.410 e. The van der Waals surface area contributed by atoms with Gasteiger partial charge in [0, 0.05) is 31.4 Å². The summed E-state index contributed by atoms with van der Waals surface area (Å²) < 4.78 is 5.42. The Balaban J connectivity index is 2.33. The molecule has 1 saturated heterocycles. The number of thioether (sulfide) groups is 1. The third kappa shape index (κ3) is 7.41. The van der Waals surface area contributed by atoms with Gasteiger partial charge in [-0.3, -0.25) is 0 Å². The number of likely N-dealkylation sites (N-methyl/N-ethyl adjacent to an activating group) is 1. The average molecular weight is 317 g/mol. The van der Waals surface area contributed by atoms with E-state index >= 15 is 0 Å². The van der Waals surface area contributed by atoms with Crippen LogP contribution >= 0.6 is 11.8 Å². The van der Waals surface area contributed by atoms with Crippen LogP contribution in [0.1, 0.15) is 48.0 Å². The highest BCUT2D eigenvalue weighted by atomic mass is 32.2. The lowest BCUT2D eigenvalue weighted by molar-refractivity contribution is 0.0260. The maximum atomic E-state index is 12.0. The van der Waals surface area contributed by atoms with Crippen molar-refractivity contribution < 1.29 is 9.53 Å². The van der Waals surface area contributed by atoms with Gasteiger partial charge in [0.15, 0.2) is 0 Å². The molecule has 124 valence electrons. The Hall–Kier alpha value is -0.420. The van der Waals surface area contributed by atoms with Crippen LogP contribution in [0.2, 0.25) is 0 Å². The second kappa shape index (κ2) is 7.73.